The van der Waals surface area contributed by atoms with E-state index in [1.807, 2.05) is 17.3 Å². The average molecular weight is 638 g/mol. The fourth-order valence-corrected chi connectivity index (χ4v) is 7.18. The number of hydrogen-bond donors (Lipinski definition) is 1. The standard InChI is InChI=1S/C35H43N9O3/c45-31-7-4-12-42(31)19-20-44-24-36-32-33(37-28-10-13-40(14-11-28)22-26-5-2-1-3-6-26)38-35(39-34(32)44)43-17-15-41(16-18-43)23-27-8-9-29-30(21-27)47-25-46-29/h1-3,5-6,8-9,21,24,28H,4,7,10-20,22-23,25H2,(H,37,38,39). The summed E-state index contributed by atoms with van der Waals surface area (Å²) in [6.45, 7) is 9.89. The highest BCUT2D eigenvalue weighted by atomic mass is 16.7. The van der Waals surface area contributed by atoms with Gasteiger partial charge in [0.2, 0.25) is 18.6 Å². The number of fused-ring (bicyclic) bond motifs is 2. The number of amides is 1. The summed E-state index contributed by atoms with van der Waals surface area (Å²) in [5.74, 6) is 3.44. The SMILES string of the molecule is O=C1CCCN1CCn1cnc2c(NC3CCN(Cc4ccccc4)CC3)nc(N3CCN(Cc4ccc5c(c4)OCO5)CC3)nc21. The number of benzene rings is 2. The van der Waals surface area contributed by atoms with Crippen molar-refractivity contribution in [1.82, 2.24) is 34.2 Å². The molecule has 0 bridgehead atoms. The normalized spacial score (nSPS) is 19.3. The van der Waals surface area contributed by atoms with Gasteiger partial charge in [0.25, 0.3) is 0 Å². The molecule has 4 aromatic rings. The van der Waals surface area contributed by atoms with Crippen molar-refractivity contribution in [2.24, 2.45) is 0 Å². The van der Waals surface area contributed by atoms with E-state index in [0.29, 0.717) is 32.3 Å². The molecule has 4 aliphatic heterocycles. The second-order valence-corrected chi connectivity index (χ2v) is 13.1. The number of nitrogens with zero attached hydrogens (tertiary/aromatic N) is 8. The summed E-state index contributed by atoms with van der Waals surface area (Å²) >= 11 is 0. The highest BCUT2D eigenvalue weighted by Gasteiger charge is 2.26. The highest BCUT2D eigenvalue weighted by Crippen LogP contribution is 2.33. The molecule has 8 rings (SSSR count). The number of hydrogen-bond acceptors (Lipinski definition) is 10. The van der Waals surface area contributed by atoms with Gasteiger partial charge in [0.1, 0.15) is 0 Å². The van der Waals surface area contributed by atoms with Crippen molar-refractivity contribution in [2.75, 3.05) is 69.4 Å². The van der Waals surface area contributed by atoms with Gasteiger partial charge in [0.15, 0.2) is 28.5 Å². The summed E-state index contributed by atoms with van der Waals surface area (Å²) in [6.07, 6.45) is 5.54. The van der Waals surface area contributed by atoms with Gasteiger partial charge in [-0.2, -0.15) is 9.97 Å². The van der Waals surface area contributed by atoms with E-state index in [-0.39, 0.29) is 5.91 Å². The van der Waals surface area contributed by atoms with Crippen LogP contribution in [-0.4, -0.2) is 105 Å². The van der Waals surface area contributed by atoms with E-state index in [9.17, 15) is 4.79 Å². The van der Waals surface area contributed by atoms with Crippen LogP contribution in [0.1, 0.15) is 36.8 Å². The lowest BCUT2D eigenvalue weighted by atomic mass is 10.0. The highest BCUT2D eigenvalue weighted by molar-refractivity contribution is 5.84. The fraction of sp³-hybridized carbons (Fsp3) is 0.486. The van der Waals surface area contributed by atoms with Crippen LogP contribution in [0.5, 0.6) is 11.5 Å². The molecule has 0 radical (unpaired) electrons. The maximum atomic E-state index is 12.3. The molecule has 0 aliphatic carbocycles. The lowest BCUT2D eigenvalue weighted by molar-refractivity contribution is -0.127. The lowest BCUT2D eigenvalue weighted by Crippen LogP contribution is -2.46. The minimum atomic E-state index is 0.240. The molecule has 2 aromatic heterocycles. The summed E-state index contributed by atoms with van der Waals surface area (Å²) in [4.78, 5) is 36.6. The zero-order valence-corrected chi connectivity index (χ0v) is 26.9. The molecule has 4 aliphatic rings. The molecule has 3 saturated heterocycles. The van der Waals surface area contributed by atoms with Crippen LogP contribution in [0, 0.1) is 0 Å². The fourth-order valence-electron chi connectivity index (χ4n) is 7.18. The quantitative estimate of drug-likeness (QED) is 0.278. The number of aromatic nitrogens is 4. The van der Waals surface area contributed by atoms with Crippen LogP contribution in [0.25, 0.3) is 11.2 Å². The maximum absolute atomic E-state index is 12.3. The Morgan fingerprint density at radius 3 is 2.40 bits per heavy atom. The number of ether oxygens (including phenoxy) is 2. The number of carbonyl (C=O) groups is 1. The first-order valence-electron chi connectivity index (χ1n) is 17.0. The third-order valence-electron chi connectivity index (χ3n) is 9.91. The summed E-state index contributed by atoms with van der Waals surface area (Å²) in [5.41, 5.74) is 4.21. The molecule has 0 spiro atoms. The first-order valence-corrected chi connectivity index (χ1v) is 17.0. The van der Waals surface area contributed by atoms with Crippen molar-refractivity contribution in [2.45, 2.75) is 51.4 Å². The Kier molecular flexibility index (Phi) is 8.52. The summed E-state index contributed by atoms with van der Waals surface area (Å²) in [7, 11) is 0. The zero-order valence-electron chi connectivity index (χ0n) is 26.9. The number of imidazole rings is 1. The van der Waals surface area contributed by atoms with Gasteiger partial charge in [0.05, 0.1) is 6.33 Å². The number of piperidine rings is 1. The minimum absolute atomic E-state index is 0.240. The molecule has 246 valence electrons. The van der Waals surface area contributed by atoms with Crippen LogP contribution >= 0.6 is 0 Å². The van der Waals surface area contributed by atoms with Crippen molar-refractivity contribution in [3.8, 4) is 11.5 Å². The first-order chi connectivity index (χ1) is 23.1. The van der Waals surface area contributed by atoms with Crippen LogP contribution < -0.4 is 19.7 Å². The Bertz CT molecular complexity index is 1700. The van der Waals surface area contributed by atoms with E-state index in [1.165, 1.54) is 11.1 Å². The van der Waals surface area contributed by atoms with Crippen molar-refractivity contribution < 1.29 is 14.3 Å². The van der Waals surface area contributed by atoms with Crippen molar-refractivity contribution in [3.63, 3.8) is 0 Å². The first kappa shape index (κ1) is 29.9. The van der Waals surface area contributed by atoms with Gasteiger partial charge in [-0.25, -0.2) is 4.98 Å². The van der Waals surface area contributed by atoms with E-state index in [1.54, 1.807) is 0 Å². The summed E-state index contributed by atoms with van der Waals surface area (Å²) in [5, 5.41) is 3.79. The molecule has 2 aromatic carbocycles. The van der Waals surface area contributed by atoms with Gasteiger partial charge in [-0.3, -0.25) is 14.6 Å². The number of rotatable bonds is 10. The number of carbonyl (C=O) groups excluding carboxylic acids is 1. The van der Waals surface area contributed by atoms with Crippen LogP contribution in [-0.2, 0) is 24.4 Å². The lowest BCUT2D eigenvalue weighted by Gasteiger charge is -2.35. The van der Waals surface area contributed by atoms with Crippen LogP contribution in [0.15, 0.2) is 54.9 Å². The van der Waals surface area contributed by atoms with Crippen LogP contribution in [0.2, 0.25) is 0 Å². The molecule has 12 heteroatoms. The van der Waals surface area contributed by atoms with Gasteiger partial charge >= 0.3 is 0 Å². The predicted octanol–water partition coefficient (Wildman–Crippen LogP) is 3.58. The number of nitrogens with one attached hydrogen (secondary N) is 1. The Hall–Kier alpha value is -4.42. The van der Waals surface area contributed by atoms with E-state index >= 15 is 0 Å². The third-order valence-corrected chi connectivity index (χ3v) is 9.91. The smallest absolute Gasteiger partial charge is 0.231 e. The topological polar surface area (TPSA) is 104 Å². The molecule has 0 saturated carbocycles. The molecular formula is C35H43N9O3. The largest absolute Gasteiger partial charge is 0.454 e. The molecular weight excluding hydrogens is 594 g/mol. The molecule has 3 fully saturated rings. The average Bonchev–Trinajstić information content (AvgIpc) is 3.85. The van der Waals surface area contributed by atoms with Gasteiger partial charge in [-0.15, -0.1) is 0 Å². The summed E-state index contributed by atoms with van der Waals surface area (Å²) in [6, 6.07) is 17.2. The number of anilines is 2. The Labute approximate surface area is 275 Å². The number of likely N-dealkylation sites (tertiary alicyclic amines) is 2. The molecule has 6 heterocycles. The Morgan fingerprint density at radius 2 is 1.60 bits per heavy atom. The second kappa shape index (κ2) is 13.4. The zero-order chi connectivity index (χ0) is 31.6. The molecule has 0 atom stereocenters. The van der Waals surface area contributed by atoms with Crippen LogP contribution in [0.4, 0.5) is 11.8 Å². The van der Waals surface area contributed by atoms with Crippen LogP contribution in [0.3, 0.4) is 0 Å². The van der Waals surface area contributed by atoms with E-state index < -0.39 is 0 Å². The van der Waals surface area contributed by atoms with Crippen molar-refractivity contribution in [1.29, 1.82) is 0 Å². The van der Waals surface area contributed by atoms with E-state index in [2.05, 4.69) is 67.0 Å². The van der Waals surface area contributed by atoms with Gasteiger partial charge in [0, 0.05) is 84.5 Å². The van der Waals surface area contributed by atoms with E-state index in [0.717, 1.165) is 113 Å². The predicted molar refractivity (Wildman–Crippen MR) is 180 cm³/mol. The van der Waals surface area contributed by atoms with Gasteiger partial charge in [-0.05, 0) is 42.5 Å². The Morgan fingerprint density at radius 1 is 0.809 bits per heavy atom. The van der Waals surface area contributed by atoms with Crippen molar-refractivity contribution in [3.05, 3.63) is 66.0 Å². The monoisotopic (exact) mass is 637 g/mol. The molecule has 1 N–H and O–H groups in total. The number of piperazine rings is 1. The van der Waals surface area contributed by atoms with Gasteiger partial charge in [-0.1, -0.05) is 36.4 Å². The molecule has 1 amide bonds. The molecule has 12 nitrogen and oxygen atoms in total. The molecule has 0 unspecified atom stereocenters. The van der Waals surface area contributed by atoms with E-state index in [4.69, 9.17) is 24.4 Å². The third kappa shape index (κ3) is 6.70. The van der Waals surface area contributed by atoms with Gasteiger partial charge < -0.3 is 29.2 Å². The maximum Gasteiger partial charge on any atom is 0.231 e. The van der Waals surface area contributed by atoms with Crippen molar-refractivity contribution >= 4 is 28.8 Å². The second-order valence-electron chi connectivity index (χ2n) is 13.1. The molecule has 47 heavy (non-hydrogen) atoms. The minimum Gasteiger partial charge on any atom is -0.454 e. The Balaban J connectivity index is 0.968. The summed E-state index contributed by atoms with van der Waals surface area (Å²) < 4.78 is 13.2.